The first-order valence-electron chi connectivity index (χ1n) is 6.46. The summed E-state index contributed by atoms with van der Waals surface area (Å²) in [6.07, 6.45) is 1.58. The van der Waals surface area contributed by atoms with E-state index in [1.807, 2.05) is 6.92 Å². The molecule has 1 heterocycles. The number of aliphatic hydroxyl groups excluding tert-OH is 1. The average molecular weight is 253 g/mol. The minimum absolute atomic E-state index is 0.151. The smallest absolute Gasteiger partial charge is 0.271 e. The summed E-state index contributed by atoms with van der Waals surface area (Å²) < 4.78 is 0. The van der Waals surface area contributed by atoms with Gasteiger partial charge in [-0.2, -0.15) is 5.10 Å². The molecule has 0 spiro atoms. The second-order valence-corrected chi connectivity index (χ2v) is 5.20. The third kappa shape index (κ3) is 4.87. The summed E-state index contributed by atoms with van der Waals surface area (Å²) in [5.74, 6) is 0.644. The molecule has 5 heteroatoms. The van der Waals surface area contributed by atoms with Gasteiger partial charge in [0.15, 0.2) is 0 Å². The molecule has 1 aromatic rings. The number of aromatic amines is 1. The minimum atomic E-state index is -0.161. The van der Waals surface area contributed by atoms with E-state index in [1.165, 1.54) is 0 Å². The van der Waals surface area contributed by atoms with Gasteiger partial charge in [0.1, 0.15) is 5.69 Å². The highest BCUT2D eigenvalue weighted by atomic mass is 16.3. The third-order valence-corrected chi connectivity index (χ3v) is 2.72. The Bertz CT molecular complexity index is 374. The van der Waals surface area contributed by atoms with E-state index in [4.69, 9.17) is 5.11 Å². The van der Waals surface area contributed by atoms with E-state index >= 15 is 0 Å². The number of aliphatic hydroxyl groups is 1. The summed E-state index contributed by atoms with van der Waals surface area (Å²) >= 11 is 0. The zero-order valence-corrected chi connectivity index (χ0v) is 11.4. The summed E-state index contributed by atoms with van der Waals surface area (Å²) in [5, 5.41) is 18.5. The number of nitrogens with one attached hydrogen (secondary N) is 2. The lowest BCUT2D eigenvalue weighted by Gasteiger charge is -2.09. The number of carbonyl (C=O) groups is 1. The van der Waals surface area contributed by atoms with Crippen LogP contribution in [0, 0.1) is 11.8 Å². The third-order valence-electron chi connectivity index (χ3n) is 2.72. The van der Waals surface area contributed by atoms with E-state index in [9.17, 15) is 4.79 Å². The van der Waals surface area contributed by atoms with Crippen LogP contribution in [0.5, 0.6) is 0 Å². The quantitative estimate of drug-likeness (QED) is 0.686. The minimum Gasteiger partial charge on any atom is -0.396 e. The van der Waals surface area contributed by atoms with Crippen LogP contribution in [0.4, 0.5) is 0 Å². The van der Waals surface area contributed by atoms with Crippen molar-refractivity contribution < 1.29 is 9.90 Å². The Balaban J connectivity index is 2.44. The molecule has 0 fully saturated rings. The Morgan fingerprint density at radius 3 is 2.83 bits per heavy atom. The van der Waals surface area contributed by atoms with Crippen LogP contribution in [0.15, 0.2) is 6.07 Å². The number of rotatable bonds is 7. The number of aromatic nitrogens is 2. The number of carbonyl (C=O) groups excluding carboxylic acids is 1. The number of hydrogen-bond donors (Lipinski definition) is 3. The Kier molecular flexibility index (Phi) is 5.85. The molecule has 0 aliphatic carbocycles. The number of amides is 1. The Labute approximate surface area is 108 Å². The van der Waals surface area contributed by atoms with Crippen LogP contribution in [0.25, 0.3) is 0 Å². The average Bonchev–Trinajstić information content (AvgIpc) is 2.74. The summed E-state index contributed by atoms with van der Waals surface area (Å²) in [5.41, 5.74) is 1.42. The Morgan fingerprint density at radius 1 is 1.50 bits per heavy atom. The van der Waals surface area contributed by atoms with Crippen molar-refractivity contribution in [2.45, 2.75) is 33.6 Å². The molecule has 0 bridgehead atoms. The fourth-order valence-corrected chi connectivity index (χ4v) is 1.70. The van der Waals surface area contributed by atoms with Crippen molar-refractivity contribution in [2.24, 2.45) is 11.8 Å². The van der Waals surface area contributed by atoms with E-state index in [0.29, 0.717) is 24.6 Å². The lowest BCUT2D eigenvalue weighted by Crippen LogP contribution is -2.28. The molecule has 1 unspecified atom stereocenters. The standard InChI is InChI=1S/C13H23N3O2/c1-9(2)6-11-7-12(16-15-11)13(18)14-8-10(3)4-5-17/h7,9-10,17H,4-6,8H2,1-3H3,(H,14,18)(H,15,16). The maximum Gasteiger partial charge on any atom is 0.271 e. The molecular formula is C13H23N3O2. The largest absolute Gasteiger partial charge is 0.396 e. The van der Waals surface area contributed by atoms with E-state index in [1.54, 1.807) is 6.07 Å². The lowest BCUT2D eigenvalue weighted by atomic mass is 10.1. The molecule has 18 heavy (non-hydrogen) atoms. The van der Waals surface area contributed by atoms with Gasteiger partial charge in [0.05, 0.1) is 0 Å². The first-order valence-corrected chi connectivity index (χ1v) is 6.46. The van der Waals surface area contributed by atoms with Gasteiger partial charge in [-0.25, -0.2) is 0 Å². The predicted octanol–water partition coefficient (Wildman–Crippen LogP) is 1.36. The molecule has 1 aromatic heterocycles. The summed E-state index contributed by atoms with van der Waals surface area (Å²) in [6, 6.07) is 1.80. The zero-order chi connectivity index (χ0) is 13.5. The molecule has 1 atom stereocenters. The van der Waals surface area contributed by atoms with Crippen molar-refractivity contribution in [3.63, 3.8) is 0 Å². The van der Waals surface area contributed by atoms with Gasteiger partial charge in [-0.05, 0) is 30.7 Å². The Hall–Kier alpha value is -1.36. The first-order chi connectivity index (χ1) is 8.52. The van der Waals surface area contributed by atoms with Crippen LogP contribution in [0.2, 0.25) is 0 Å². The molecule has 0 aromatic carbocycles. The lowest BCUT2D eigenvalue weighted by molar-refractivity contribution is 0.0940. The fourth-order valence-electron chi connectivity index (χ4n) is 1.70. The van der Waals surface area contributed by atoms with Gasteiger partial charge >= 0.3 is 0 Å². The highest BCUT2D eigenvalue weighted by molar-refractivity contribution is 5.92. The molecule has 5 nitrogen and oxygen atoms in total. The van der Waals surface area contributed by atoms with Crippen molar-refractivity contribution in [3.05, 3.63) is 17.5 Å². The van der Waals surface area contributed by atoms with Gasteiger partial charge in [0, 0.05) is 18.8 Å². The van der Waals surface area contributed by atoms with Crippen molar-refractivity contribution in [2.75, 3.05) is 13.2 Å². The zero-order valence-electron chi connectivity index (χ0n) is 11.4. The van der Waals surface area contributed by atoms with Crippen LogP contribution in [0.1, 0.15) is 43.4 Å². The molecule has 0 aliphatic rings. The molecule has 3 N–H and O–H groups in total. The van der Waals surface area contributed by atoms with Crippen molar-refractivity contribution in [3.8, 4) is 0 Å². The second-order valence-electron chi connectivity index (χ2n) is 5.20. The van der Waals surface area contributed by atoms with Gasteiger partial charge in [-0.15, -0.1) is 0 Å². The van der Waals surface area contributed by atoms with Crippen LogP contribution in [-0.2, 0) is 6.42 Å². The predicted molar refractivity (Wildman–Crippen MR) is 70.3 cm³/mol. The van der Waals surface area contributed by atoms with E-state index < -0.39 is 0 Å². The topological polar surface area (TPSA) is 78.0 Å². The van der Waals surface area contributed by atoms with Crippen molar-refractivity contribution >= 4 is 5.91 Å². The first kappa shape index (κ1) is 14.7. The van der Waals surface area contributed by atoms with Crippen LogP contribution >= 0.6 is 0 Å². The molecule has 0 saturated heterocycles. The molecule has 0 radical (unpaired) electrons. The number of nitrogens with zero attached hydrogens (tertiary/aromatic N) is 1. The molecule has 0 saturated carbocycles. The SMILES string of the molecule is CC(C)Cc1cc(C(=O)NCC(C)CCO)n[nH]1. The molecule has 1 rings (SSSR count). The van der Waals surface area contributed by atoms with Crippen LogP contribution in [-0.4, -0.2) is 34.4 Å². The van der Waals surface area contributed by atoms with E-state index in [0.717, 1.165) is 12.1 Å². The highest BCUT2D eigenvalue weighted by Crippen LogP contribution is 2.07. The molecular weight excluding hydrogens is 230 g/mol. The van der Waals surface area contributed by atoms with Gasteiger partial charge in [0.2, 0.25) is 0 Å². The Morgan fingerprint density at radius 2 is 2.22 bits per heavy atom. The molecule has 102 valence electrons. The molecule has 0 aliphatic heterocycles. The molecule has 1 amide bonds. The van der Waals surface area contributed by atoms with Crippen molar-refractivity contribution in [1.29, 1.82) is 0 Å². The van der Waals surface area contributed by atoms with E-state index in [-0.39, 0.29) is 18.4 Å². The van der Waals surface area contributed by atoms with Crippen molar-refractivity contribution in [1.82, 2.24) is 15.5 Å². The number of hydrogen-bond acceptors (Lipinski definition) is 3. The van der Waals surface area contributed by atoms with Gasteiger partial charge in [-0.3, -0.25) is 9.89 Å². The maximum absolute atomic E-state index is 11.8. The summed E-state index contributed by atoms with van der Waals surface area (Å²) in [6.45, 7) is 6.95. The number of H-pyrrole nitrogens is 1. The highest BCUT2D eigenvalue weighted by Gasteiger charge is 2.12. The fraction of sp³-hybridized carbons (Fsp3) is 0.692. The van der Waals surface area contributed by atoms with Gasteiger partial charge < -0.3 is 10.4 Å². The summed E-state index contributed by atoms with van der Waals surface area (Å²) in [4.78, 5) is 11.8. The second kappa shape index (κ2) is 7.16. The maximum atomic E-state index is 11.8. The van der Waals surface area contributed by atoms with Crippen LogP contribution < -0.4 is 5.32 Å². The normalized spacial score (nSPS) is 12.7. The van der Waals surface area contributed by atoms with Gasteiger partial charge in [-0.1, -0.05) is 20.8 Å². The monoisotopic (exact) mass is 253 g/mol. The van der Waals surface area contributed by atoms with Crippen LogP contribution in [0.3, 0.4) is 0 Å². The van der Waals surface area contributed by atoms with Gasteiger partial charge in [0.25, 0.3) is 5.91 Å². The van der Waals surface area contributed by atoms with E-state index in [2.05, 4.69) is 29.4 Å². The summed E-state index contributed by atoms with van der Waals surface area (Å²) in [7, 11) is 0.